The van der Waals surface area contributed by atoms with Crippen LogP contribution < -0.4 is 10.5 Å². The molecule has 1 aromatic heterocycles. The standard InChI is InChI=1S/C12H10ClFN2O/c13-9-4-11(15)10(14)5-12(9)17-7-8-2-1-3-16-6-8/h1-6H,7,15H2. The van der Waals surface area contributed by atoms with Crippen LogP contribution in [-0.2, 0) is 6.61 Å². The van der Waals surface area contributed by atoms with Gasteiger partial charge in [0.05, 0.1) is 10.7 Å². The number of ether oxygens (including phenoxy) is 1. The van der Waals surface area contributed by atoms with Crippen LogP contribution in [0, 0.1) is 5.82 Å². The molecule has 0 saturated heterocycles. The van der Waals surface area contributed by atoms with E-state index in [0.717, 1.165) is 5.56 Å². The summed E-state index contributed by atoms with van der Waals surface area (Å²) in [4.78, 5) is 3.94. The molecule has 0 spiro atoms. The molecule has 0 amide bonds. The largest absolute Gasteiger partial charge is 0.487 e. The predicted octanol–water partition coefficient (Wildman–Crippen LogP) is 3.04. The van der Waals surface area contributed by atoms with Gasteiger partial charge in [0.1, 0.15) is 18.2 Å². The number of hydrogen-bond donors (Lipinski definition) is 1. The van der Waals surface area contributed by atoms with Gasteiger partial charge in [-0.15, -0.1) is 0 Å². The van der Waals surface area contributed by atoms with Crippen molar-refractivity contribution in [3.63, 3.8) is 0 Å². The molecule has 88 valence electrons. The van der Waals surface area contributed by atoms with Crippen molar-refractivity contribution in [2.24, 2.45) is 0 Å². The Morgan fingerprint density at radius 2 is 2.24 bits per heavy atom. The second kappa shape index (κ2) is 5.01. The minimum absolute atomic E-state index is 0.00345. The van der Waals surface area contributed by atoms with E-state index in [1.807, 2.05) is 6.07 Å². The van der Waals surface area contributed by atoms with Gasteiger partial charge in [0.2, 0.25) is 0 Å². The lowest BCUT2D eigenvalue weighted by Crippen LogP contribution is -1.98. The fraction of sp³-hybridized carbons (Fsp3) is 0.0833. The Kier molecular flexibility index (Phi) is 3.44. The Morgan fingerprint density at radius 1 is 1.41 bits per heavy atom. The van der Waals surface area contributed by atoms with Crippen LogP contribution in [0.4, 0.5) is 10.1 Å². The van der Waals surface area contributed by atoms with E-state index in [4.69, 9.17) is 22.1 Å². The van der Waals surface area contributed by atoms with Gasteiger partial charge in [0.15, 0.2) is 0 Å². The Morgan fingerprint density at radius 3 is 2.94 bits per heavy atom. The number of anilines is 1. The molecule has 0 atom stereocenters. The number of nitrogen functional groups attached to an aromatic ring is 1. The van der Waals surface area contributed by atoms with Gasteiger partial charge in [-0.1, -0.05) is 17.7 Å². The van der Waals surface area contributed by atoms with Crippen LogP contribution in [-0.4, -0.2) is 4.98 Å². The smallest absolute Gasteiger partial charge is 0.149 e. The number of pyridine rings is 1. The predicted molar refractivity (Wildman–Crippen MR) is 64.4 cm³/mol. The van der Waals surface area contributed by atoms with E-state index >= 15 is 0 Å². The Bertz CT molecular complexity index is 519. The first kappa shape index (κ1) is 11.7. The van der Waals surface area contributed by atoms with Crippen LogP contribution in [0.1, 0.15) is 5.56 Å². The molecule has 0 aliphatic heterocycles. The topological polar surface area (TPSA) is 48.1 Å². The molecule has 2 N–H and O–H groups in total. The molecule has 2 aromatic rings. The highest BCUT2D eigenvalue weighted by molar-refractivity contribution is 6.32. The van der Waals surface area contributed by atoms with Crippen molar-refractivity contribution in [2.75, 3.05) is 5.73 Å². The lowest BCUT2D eigenvalue weighted by Gasteiger charge is -2.09. The zero-order valence-electron chi connectivity index (χ0n) is 8.86. The summed E-state index contributed by atoms with van der Waals surface area (Å²) >= 11 is 5.88. The lowest BCUT2D eigenvalue weighted by molar-refractivity contribution is 0.304. The van der Waals surface area contributed by atoms with Gasteiger partial charge in [-0.05, 0) is 12.1 Å². The molecule has 5 heteroatoms. The van der Waals surface area contributed by atoms with Crippen LogP contribution in [0.3, 0.4) is 0 Å². The van der Waals surface area contributed by atoms with Crippen molar-refractivity contribution in [1.82, 2.24) is 4.98 Å². The summed E-state index contributed by atoms with van der Waals surface area (Å²) in [6, 6.07) is 6.15. The van der Waals surface area contributed by atoms with Crippen molar-refractivity contribution in [2.45, 2.75) is 6.61 Å². The summed E-state index contributed by atoms with van der Waals surface area (Å²) in [5, 5.41) is 0.285. The molecule has 0 unspecified atom stereocenters. The lowest BCUT2D eigenvalue weighted by atomic mass is 10.3. The number of aromatic nitrogens is 1. The Balaban J connectivity index is 2.12. The van der Waals surface area contributed by atoms with Crippen molar-refractivity contribution < 1.29 is 9.13 Å². The van der Waals surface area contributed by atoms with E-state index in [9.17, 15) is 4.39 Å². The number of rotatable bonds is 3. The van der Waals surface area contributed by atoms with Gasteiger partial charge in [0.25, 0.3) is 0 Å². The first-order chi connectivity index (χ1) is 8.16. The molecule has 0 radical (unpaired) electrons. The van der Waals surface area contributed by atoms with Gasteiger partial charge in [0, 0.05) is 24.0 Å². The monoisotopic (exact) mass is 252 g/mol. The molecule has 0 aliphatic rings. The van der Waals surface area contributed by atoms with Crippen LogP contribution in [0.25, 0.3) is 0 Å². The molecule has 0 fully saturated rings. The summed E-state index contributed by atoms with van der Waals surface area (Å²) in [5.41, 5.74) is 6.25. The Hall–Kier alpha value is -1.81. The quantitative estimate of drug-likeness (QED) is 0.854. The second-order valence-corrected chi connectivity index (χ2v) is 3.86. The van der Waals surface area contributed by atoms with Crippen LogP contribution in [0.5, 0.6) is 5.75 Å². The third kappa shape index (κ3) is 2.85. The van der Waals surface area contributed by atoms with Crippen LogP contribution in [0.15, 0.2) is 36.7 Å². The van der Waals surface area contributed by atoms with Crippen LogP contribution in [0.2, 0.25) is 5.02 Å². The molecular weight excluding hydrogens is 243 g/mol. The van der Waals surface area contributed by atoms with Gasteiger partial charge in [-0.2, -0.15) is 0 Å². The molecule has 0 aliphatic carbocycles. The third-order valence-electron chi connectivity index (χ3n) is 2.17. The van der Waals surface area contributed by atoms with Gasteiger partial charge < -0.3 is 10.5 Å². The molecule has 17 heavy (non-hydrogen) atoms. The van der Waals surface area contributed by atoms with Crippen LogP contribution >= 0.6 is 11.6 Å². The highest BCUT2D eigenvalue weighted by Gasteiger charge is 2.07. The molecule has 0 bridgehead atoms. The van der Waals surface area contributed by atoms with Crippen molar-refractivity contribution in [3.8, 4) is 5.75 Å². The normalized spacial score (nSPS) is 10.2. The number of benzene rings is 1. The van der Waals surface area contributed by atoms with Gasteiger partial charge >= 0.3 is 0 Å². The van der Waals surface area contributed by atoms with Crippen molar-refractivity contribution >= 4 is 17.3 Å². The molecule has 3 nitrogen and oxygen atoms in total. The maximum absolute atomic E-state index is 13.2. The SMILES string of the molecule is Nc1cc(Cl)c(OCc2cccnc2)cc1F. The fourth-order valence-electron chi connectivity index (χ4n) is 1.30. The highest BCUT2D eigenvalue weighted by Crippen LogP contribution is 2.29. The fourth-order valence-corrected chi connectivity index (χ4v) is 1.53. The van der Waals surface area contributed by atoms with E-state index in [-0.39, 0.29) is 23.1 Å². The number of halogens is 2. The highest BCUT2D eigenvalue weighted by atomic mass is 35.5. The summed E-state index contributed by atoms with van der Waals surface area (Å²) in [6.45, 7) is 0.275. The summed E-state index contributed by atoms with van der Waals surface area (Å²) in [7, 11) is 0. The number of nitrogens with zero attached hydrogens (tertiary/aromatic N) is 1. The minimum Gasteiger partial charge on any atom is -0.487 e. The summed E-state index contributed by atoms with van der Waals surface area (Å²) in [5.74, 6) is -0.280. The third-order valence-corrected chi connectivity index (χ3v) is 2.46. The van der Waals surface area contributed by atoms with E-state index in [0.29, 0.717) is 0 Å². The molecule has 2 rings (SSSR count). The maximum Gasteiger partial charge on any atom is 0.149 e. The second-order valence-electron chi connectivity index (χ2n) is 3.45. The molecule has 1 heterocycles. The summed E-state index contributed by atoms with van der Waals surface area (Å²) < 4.78 is 18.6. The first-order valence-corrected chi connectivity index (χ1v) is 5.31. The van der Waals surface area contributed by atoms with Gasteiger partial charge in [-0.25, -0.2) is 4.39 Å². The van der Waals surface area contributed by atoms with Crippen molar-refractivity contribution in [3.05, 3.63) is 53.1 Å². The molecule has 0 saturated carbocycles. The average Bonchev–Trinajstić information content (AvgIpc) is 2.33. The minimum atomic E-state index is -0.546. The van der Waals surface area contributed by atoms with E-state index < -0.39 is 5.82 Å². The zero-order chi connectivity index (χ0) is 12.3. The maximum atomic E-state index is 13.2. The van der Waals surface area contributed by atoms with E-state index in [1.165, 1.54) is 12.1 Å². The average molecular weight is 253 g/mol. The summed E-state index contributed by atoms with van der Waals surface area (Å²) in [6.07, 6.45) is 3.33. The molecular formula is C12H10ClFN2O. The number of hydrogen-bond acceptors (Lipinski definition) is 3. The Labute approximate surface area is 103 Å². The number of nitrogens with two attached hydrogens (primary N) is 1. The van der Waals surface area contributed by atoms with E-state index in [2.05, 4.69) is 4.98 Å². The first-order valence-electron chi connectivity index (χ1n) is 4.93. The van der Waals surface area contributed by atoms with Gasteiger partial charge in [-0.3, -0.25) is 4.98 Å². The van der Waals surface area contributed by atoms with Crippen molar-refractivity contribution in [1.29, 1.82) is 0 Å². The van der Waals surface area contributed by atoms with E-state index in [1.54, 1.807) is 18.5 Å². The zero-order valence-corrected chi connectivity index (χ0v) is 9.62. The molecule has 1 aromatic carbocycles.